The summed E-state index contributed by atoms with van der Waals surface area (Å²) in [5.41, 5.74) is 14.6. The third-order valence-corrected chi connectivity index (χ3v) is 7.38. The SMILES string of the molecule is Cc1ccc(NC(=O)NCc2cccc(OCc3nc(N)nc(N)c3-c3ccc(Cl)c(Cl)c3)c2)cc1S(=O)(=O)F. The normalized spacial score (nSPS) is 11.2. The van der Waals surface area contributed by atoms with Crippen molar-refractivity contribution in [2.75, 3.05) is 16.8 Å². The van der Waals surface area contributed by atoms with E-state index in [2.05, 4.69) is 20.6 Å². The van der Waals surface area contributed by atoms with Gasteiger partial charge in [0.15, 0.2) is 0 Å². The molecule has 0 saturated heterocycles. The first-order chi connectivity index (χ1) is 18.9. The summed E-state index contributed by atoms with van der Waals surface area (Å²) < 4.78 is 42.0. The van der Waals surface area contributed by atoms with Crippen LogP contribution in [0.15, 0.2) is 65.6 Å². The number of carbonyl (C=O) groups is 1. The summed E-state index contributed by atoms with van der Waals surface area (Å²) in [6, 6.07) is 15.3. The molecule has 208 valence electrons. The highest BCUT2D eigenvalue weighted by Gasteiger charge is 2.17. The van der Waals surface area contributed by atoms with Crippen molar-refractivity contribution in [2.24, 2.45) is 0 Å². The zero-order valence-corrected chi connectivity index (χ0v) is 23.2. The Balaban J connectivity index is 1.43. The van der Waals surface area contributed by atoms with E-state index >= 15 is 0 Å². The van der Waals surface area contributed by atoms with Crippen molar-refractivity contribution >= 4 is 56.9 Å². The van der Waals surface area contributed by atoms with Crippen LogP contribution in [0.2, 0.25) is 10.0 Å². The van der Waals surface area contributed by atoms with E-state index in [-0.39, 0.29) is 36.2 Å². The summed E-state index contributed by atoms with van der Waals surface area (Å²) in [5, 5.41) is 5.85. The fraction of sp³-hybridized carbons (Fsp3) is 0.115. The second kappa shape index (κ2) is 11.9. The molecular weight excluding hydrogens is 582 g/mol. The largest absolute Gasteiger partial charge is 0.487 e. The zero-order chi connectivity index (χ0) is 29.0. The number of carbonyl (C=O) groups excluding carboxylic acids is 1. The second-order valence-electron chi connectivity index (χ2n) is 8.58. The Morgan fingerprint density at radius 1 is 1.02 bits per heavy atom. The van der Waals surface area contributed by atoms with Gasteiger partial charge in [0.1, 0.15) is 23.1 Å². The standard InChI is InChI=1S/C26H23Cl2FN6O4S/c1-14-5-7-17(11-22(14)40(29,37)38)33-26(36)32-12-15-3-2-4-18(9-15)39-13-21-23(24(30)35-25(31)34-21)16-6-8-19(27)20(28)10-16/h2-11H,12-13H2,1H3,(H2,32,33,36)(H4,30,31,34,35). The molecule has 0 aliphatic rings. The Morgan fingerprint density at radius 2 is 1.80 bits per heavy atom. The number of nitrogen functional groups attached to an aromatic ring is 2. The Kier molecular flexibility index (Phi) is 8.62. The Morgan fingerprint density at radius 3 is 2.52 bits per heavy atom. The third kappa shape index (κ3) is 7.08. The lowest BCUT2D eigenvalue weighted by Crippen LogP contribution is -2.28. The molecular formula is C26H23Cl2FN6O4S. The molecule has 3 aromatic carbocycles. The molecule has 0 aliphatic heterocycles. The van der Waals surface area contributed by atoms with Crippen LogP contribution in [-0.2, 0) is 23.4 Å². The molecule has 1 heterocycles. The van der Waals surface area contributed by atoms with Gasteiger partial charge in [-0.1, -0.05) is 47.5 Å². The molecule has 0 fully saturated rings. The number of aromatic nitrogens is 2. The highest BCUT2D eigenvalue weighted by Crippen LogP contribution is 2.33. The van der Waals surface area contributed by atoms with E-state index < -0.39 is 21.1 Å². The first kappa shape index (κ1) is 28.9. The van der Waals surface area contributed by atoms with Crippen LogP contribution in [0.4, 0.5) is 26.1 Å². The lowest BCUT2D eigenvalue weighted by atomic mass is 10.0. The lowest BCUT2D eigenvalue weighted by Gasteiger charge is -2.14. The van der Waals surface area contributed by atoms with E-state index in [0.29, 0.717) is 38.2 Å². The summed E-state index contributed by atoms with van der Waals surface area (Å²) in [4.78, 5) is 20.2. The maximum Gasteiger partial charge on any atom is 0.332 e. The molecule has 0 aliphatic carbocycles. The molecule has 1 aromatic heterocycles. The number of halogens is 3. The number of nitrogens with one attached hydrogen (secondary N) is 2. The summed E-state index contributed by atoms with van der Waals surface area (Å²) >= 11 is 12.2. The average molecular weight is 605 g/mol. The predicted octanol–water partition coefficient (Wildman–Crippen LogP) is 5.48. The summed E-state index contributed by atoms with van der Waals surface area (Å²) in [7, 11) is -4.92. The molecule has 0 bridgehead atoms. The Bertz CT molecular complexity index is 1710. The van der Waals surface area contributed by atoms with Crippen molar-refractivity contribution in [1.82, 2.24) is 15.3 Å². The predicted molar refractivity (Wildman–Crippen MR) is 152 cm³/mol. The van der Waals surface area contributed by atoms with Crippen LogP contribution in [0.5, 0.6) is 5.75 Å². The van der Waals surface area contributed by atoms with Gasteiger partial charge in [-0.2, -0.15) is 13.4 Å². The van der Waals surface area contributed by atoms with Crippen molar-refractivity contribution in [3.8, 4) is 16.9 Å². The van der Waals surface area contributed by atoms with Crippen LogP contribution in [0.1, 0.15) is 16.8 Å². The minimum atomic E-state index is -4.92. The number of hydrogen-bond donors (Lipinski definition) is 4. The smallest absolute Gasteiger partial charge is 0.332 e. The van der Waals surface area contributed by atoms with Crippen molar-refractivity contribution in [1.29, 1.82) is 0 Å². The van der Waals surface area contributed by atoms with Crippen LogP contribution in [0.25, 0.3) is 11.1 Å². The summed E-state index contributed by atoms with van der Waals surface area (Å²) in [5.74, 6) is 0.610. The molecule has 40 heavy (non-hydrogen) atoms. The van der Waals surface area contributed by atoms with Crippen LogP contribution < -0.4 is 26.8 Å². The fourth-order valence-corrected chi connectivity index (χ4v) is 4.83. The number of nitrogens with two attached hydrogens (primary N) is 2. The number of hydrogen-bond acceptors (Lipinski definition) is 8. The van der Waals surface area contributed by atoms with Crippen LogP contribution in [0, 0.1) is 6.92 Å². The third-order valence-electron chi connectivity index (χ3n) is 5.67. The number of nitrogens with zero attached hydrogens (tertiary/aromatic N) is 2. The molecule has 0 radical (unpaired) electrons. The first-order valence-corrected chi connectivity index (χ1v) is 13.7. The molecule has 0 spiro atoms. The van der Waals surface area contributed by atoms with E-state index in [1.807, 2.05) is 0 Å². The van der Waals surface area contributed by atoms with E-state index in [1.54, 1.807) is 42.5 Å². The molecule has 0 saturated carbocycles. The van der Waals surface area contributed by atoms with Crippen molar-refractivity contribution in [3.05, 3.63) is 87.5 Å². The number of urea groups is 1. The van der Waals surface area contributed by atoms with Gasteiger partial charge in [0, 0.05) is 17.8 Å². The molecule has 2 amide bonds. The molecule has 0 atom stereocenters. The molecule has 4 rings (SSSR count). The second-order valence-corrected chi connectivity index (χ2v) is 10.7. The number of amides is 2. The van der Waals surface area contributed by atoms with E-state index in [0.717, 1.165) is 6.07 Å². The minimum Gasteiger partial charge on any atom is -0.487 e. The molecule has 4 aromatic rings. The zero-order valence-electron chi connectivity index (χ0n) is 20.9. The topological polar surface area (TPSA) is 162 Å². The van der Waals surface area contributed by atoms with Crippen molar-refractivity contribution in [3.63, 3.8) is 0 Å². The van der Waals surface area contributed by atoms with E-state index in [1.165, 1.54) is 19.1 Å². The van der Waals surface area contributed by atoms with Gasteiger partial charge in [0.25, 0.3) is 0 Å². The number of anilines is 3. The number of ether oxygens (including phenoxy) is 1. The van der Waals surface area contributed by atoms with Gasteiger partial charge in [0.05, 0.1) is 15.7 Å². The van der Waals surface area contributed by atoms with E-state index in [4.69, 9.17) is 39.4 Å². The lowest BCUT2D eigenvalue weighted by molar-refractivity contribution is 0.251. The Hall–Kier alpha value is -4.13. The van der Waals surface area contributed by atoms with Gasteiger partial charge < -0.3 is 26.8 Å². The number of benzene rings is 3. The van der Waals surface area contributed by atoms with Gasteiger partial charge in [-0.15, -0.1) is 3.89 Å². The fourth-order valence-electron chi connectivity index (χ4n) is 3.81. The molecule has 14 heteroatoms. The van der Waals surface area contributed by atoms with Gasteiger partial charge in [-0.3, -0.25) is 0 Å². The van der Waals surface area contributed by atoms with Crippen molar-refractivity contribution < 1.29 is 21.8 Å². The van der Waals surface area contributed by atoms with Gasteiger partial charge in [-0.05, 0) is 60.0 Å². The quantitative estimate of drug-likeness (QED) is 0.192. The van der Waals surface area contributed by atoms with Crippen molar-refractivity contribution in [2.45, 2.75) is 25.0 Å². The Labute approximate surface area is 239 Å². The highest BCUT2D eigenvalue weighted by molar-refractivity contribution is 7.86. The maximum atomic E-state index is 13.5. The van der Waals surface area contributed by atoms with Crippen LogP contribution in [0.3, 0.4) is 0 Å². The summed E-state index contributed by atoms with van der Waals surface area (Å²) in [6.45, 7) is 1.57. The monoisotopic (exact) mass is 604 g/mol. The summed E-state index contributed by atoms with van der Waals surface area (Å²) in [6.07, 6.45) is 0. The maximum absolute atomic E-state index is 13.5. The van der Waals surface area contributed by atoms with Gasteiger partial charge >= 0.3 is 16.3 Å². The number of aryl methyl sites for hydroxylation is 1. The average Bonchev–Trinajstić information content (AvgIpc) is 2.88. The van der Waals surface area contributed by atoms with Crippen LogP contribution >= 0.6 is 23.2 Å². The first-order valence-electron chi connectivity index (χ1n) is 11.6. The molecule has 6 N–H and O–H groups in total. The number of rotatable bonds is 8. The molecule has 10 nitrogen and oxygen atoms in total. The van der Waals surface area contributed by atoms with Gasteiger partial charge in [-0.25, -0.2) is 9.78 Å². The molecule has 0 unspecified atom stereocenters. The van der Waals surface area contributed by atoms with E-state index in [9.17, 15) is 17.1 Å². The highest BCUT2D eigenvalue weighted by atomic mass is 35.5. The minimum absolute atomic E-state index is 0.00287. The van der Waals surface area contributed by atoms with Gasteiger partial charge in [0.2, 0.25) is 5.95 Å². The van der Waals surface area contributed by atoms with Crippen LogP contribution in [-0.4, -0.2) is 24.4 Å².